The molecule has 25 heavy (non-hydrogen) atoms. The minimum absolute atomic E-state index is 0.0545. The number of hydrogen-bond donors (Lipinski definition) is 2. The van der Waals surface area contributed by atoms with Crippen molar-refractivity contribution in [3.05, 3.63) is 82.3 Å². The first-order valence-electron chi connectivity index (χ1n) is 7.37. The Balaban J connectivity index is 2.40. The maximum Gasteiger partial charge on any atom is 0.327 e. The molecule has 0 fully saturated rings. The van der Waals surface area contributed by atoms with E-state index in [2.05, 4.69) is 27.8 Å². The van der Waals surface area contributed by atoms with E-state index < -0.39 is 23.8 Å². The number of nitriles is 1. The van der Waals surface area contributed by atoms with Crippen molar-refractivity contribution in [1.82, 2.24) is 5.32 Å². The summed E-state index contributed by atoms with van der Waals surface area (Å²) in [6, 6.07) is 15.8. The first-order valence-corrected chi connectivity index (χ1v) is 8.16. The molecule has 0 aliphatic carbocycles. The molecule has 2 aromatic carbocycles. The maximum atomic E-state index is 12.4. The summed E-state index contributed by atoms with van der Waals surface area (Å²) >= 11 is 3.33. The zero-order valence-electron chi connectivity index (χ0n) is 13.1. The molecule has 0 bridgehead atoms. The van der Waals surface area contributed by atoms with E-state index in [-0.39, 0.29) is 5.57 Å². The largest absolute Gasteiger partial charge is 0.480 e. The quantitative estimate of drug-likeness (QED) is 0.728. The summed E-state index contributed by atoms with van der Waals surface area (Å²) in [7, 11) is 0. The average molecular weight is 399 g/mol. The SMILES string of the molecule is C=C(C#N)[C@H](c1cccc(Br)c1)[C@@H](NC(=O)c1ccccc1)C(=O)O. The van der Waals surface area contributed by atoms with Crippen molar-refractivity contribution in [2.24, 2.45) is 0 Å². The Labute approximate surface area is 153 Å². The lowest BCUT2D eigenvalue weighted by atomic mass is 9.85. The fraction of sp³-hybridized carbons (Fsp3) is 0.105. The standard InChI is InChI=1S/C19H15BrN2O3/c1-12(11-21)16(14-8-5-9-15(20)10-14)17(19(24)25)22-18(23)13-6-3-2-4-7-13/h2-10,16-17H,1H2,(H,22,23)(H,24,25)/t16-,17-/m1/s1. The number of halogens is 1. The Morgan fingerprint density at radius 3 is 2.40 bits per heavy atom. The van der Waals surface area contributed by atoms with Crippen LogP contribution < -0.4 is 5.32 Å². The van der Waals surface area contributed by atoms with Crippen LogP contribution in [0.25, 0.3) is 0 Å². The molecular weight excluding hydrogens is 384 g/mol. The number of carboxylic acids is 1. The summed E-state index contributed by atoms with van der Waals surface area (Å²) in [5.41, 5.74) is 0.963. The number of carboxylic acid groups (broad SMARTS) is 1. The monoisotopic (exact) mass is 398 g/mol. The van der Waals surface area contributed by atoms with Crippen LogP contribution in [0.1, 0.15) is 21.8 Å². The van der Waals surface area contributed by atoms with Crippen molar-refractivity contribution >= 4 is 27.8 Å². The smallest absolute Gasteiger partial charge is 0.327 e. The second-order valence-corrected chi connectivity index (χ2v) is 6.24. The minimum atomic E-state index is -1.32. The second kappa shape index (κ2) is 8.27. The molecule has 2 N–H and O–H groups in total. The van der Waals surface area contributed by atoms with Gasteiger partial charge >= 0.3 is 5.97 Å². The Morgan fingerprint density at radius 2 is 1.84 bits per heavy atom. The topological polar surface area (TPSA) is 90.2 Å². The number of nitrogens with one attached hydrogen (secondary N) is 1. The molecular formula is C19H15BrN2O3. The van der Waals surface area contributed by atoms with Gasteiger partial charge in [0.1, 0.15) is 6.04 Å². The van der Waals surface area contributed by atoms with E-state index >= 15 is 0 Å². The Morgan fingerprint density at radius 1 is 1.16 bits per heavy atom. The lowest BCUT2D eigenvalue weighted by molar-refractivity contribution is -0.139. The summed E-state index contributed by atoms with van der Waals surface area (Å²) in [6.07, 6.45) is 0. The van der Waals surface area contributed by atoms with Crippen LogP contribution in [-0.2, 0) is 4.79 Å². The molecule has 0 spiro atoms. The molecule has 0 heterocycles. The number of hydrogen-bond acceptors (Lipinski definition) is 3. The molecule has 2 aromatic rings. The van der Waals surface area contributed by atoms with Crippen LogP contribution >= 0.6 is 15.9 Å². The molecule has 2 rings (SSSR count). The van der Waals surface area contributed by atoms with Gasteiger partial charge in [0.25, 0.3) is 5.91 Å². The summed E-state index contributed by atoms with van der Waals surface area (Å²) in [4.78, 5) is 24.2. The third-order valence-corrected chi connectivity index (χ3v) is 4.14. The highest BCUT2D eigenvalue weighted by Gasteiger charge is 2.33. The van der Waals surface area contributed by atoms with E-state index in [1.54, 1.807) is 54.6 Å². The number of nitrogens with zero attached hydrogens (tertiary/aromatic N) is 1. The molecule has 126 valence electrons. The lowest BCUT2D eigenvalue weighted by Crippen LogP contribution is -2.45. The van der Waals surface area contributed by atoms with Crippen LogP contribution in [0, 0.1) is 11.3 Å². The molecule has 0 saturated carbocycles. The maximum absolute atomic E-state index is 12.4. The molecule has 0 aromatic heterocycles. The van der Waals surface area contributed by atoms with E-state index in [0.717, 1.165) is 4.47 Å². The van der Waals surface area contributed by atoms with Gasteiger partial charge in [0, 0.05) is 21.5 Å². The van der Waals surface area contributed by atoms with Crippen molar-refractivity contribution in [3.63, 3.8) is 0 Å². The predicted molar refractivity (Wildman–Crippen MR) is 97.0 cm³/mol. The number of rotatable bonds is 6. The molecule has 0 unspecified atom stereocenters. The zero-order chi connectivity index (χ0) is 18.4. The molecule has 1 amide bonds. The van der Waals surface area contributed by atoms with Gasteiger partial charge in [-0.25, -0.2) is 4.79 Å². The van der Waals surface area contributed by atoms with Crippen LogP contribution in [0.4, 0.5) is 0 Å². The van der Waals surface area contributed by atoms with E-state index in [4.69, 9.17) is 0 Å². The van der Waals surface area contributed by atoms with Gasteiger partial charge in [0.05, 0.1) is 6.07 Å². The van der Waals surface area contributed by atoms with Gasteiger partial charge in [-0.2, -0.15) is 5.26 Å². The van der Waals surface area contributed by atoms with Gasteiger partial charge in [-0.1, -0.05) is 52.8 Å². The predicted octanol–water partition coefficient (Wildman–Crippen LogP) is 3.50. The first-order chi connectivity index (χ1) is 11.9. The summed E-state index contributed by atoms with van der Waals surface area (Å²) < 4.78 is 0.735. The van der Waals surface area contributed by atoms with Gasteiger partial charge in [-0.05, 0) is 29.8 Å². The number of amides is 1. The molecule has 5 nitrogen and oxygen atoms in total. The van der Waals surface area contributed by atoms with E-state index in [0.29, 0.717) is 11.1 Å². The van der Waals surface area contributed by atoms with Crippen molar-refractivity contribution in [3.8, 4) is 6.07 Å². The van der Waals surface area contributed by atoms with Gasteiger partial charge in [0.2, 0.25) is 0 Å². The van der Waals surface area contributed by atoms with Crippen molar-refractivity contribution in [2.75, 3.05) is 0 Å². The summed E-state index contributed by atoms with van der Waals surface area (Å²) in [5, 5.41) is 21.4. The molecule has 0 saturated heterocycles. The number of aliphatic carboxylic acids is 1. The molecule has 0 aliphatic heterocycles. The zero-order valence-corrected chi connectivity index (χ0v) is 14.7. The Hall–Kier alpha value is -2.91. The summed E-state index contributed by atoms with van der Waals surface area (Å²) in [6.45, 7) is 3.67. The highest BCUT2D eigenvalue weighted by molar-refractivity contribution is 9.10. The van der Waals surface area contributed by atoms with Crippen molar-refractivity contribution < 1.29 is 14.7 Å². The van der Waals surface area contributed by atoms with Crippen LogP contribution in [0.5, 0.6) is 0 Å². The van der Waals surface area contributed by atoms with Gasteiger partial charge in [0.15, 0.2) is 0 Å². The second-order valence-electron chi connectivity index (χ2n) is 5.33. The van der Waals surface area contributed by atoms with Crippen molar-refractivity contribution in [1.29, 1.82) is 5.26 Å². The van der Waals surface area contributed by atoms with Crippen LogP contribution in [0.2, 0.25) is 0 Å². The summed E-state index contributed by atoms with van der Waals surface area (Å²) in [5.74, 6) is -2.66. The molecule has 2 atom stereocenters. The van der Waals surface area contributed by atoms with E-state index in [1.165, 1.54) is 0 Å². The third kappa shape index (κ3) is 4.55. The first kappa shape index (κ1) is 18.4. The minimum Gasteiger partial charge on any atom is -0.480 e. The highest BCUT2D eigenvalue weighted by Crippen LogP contribution is 2.29. The molecule has 0 radical (unpaired) electrons. The fourth-order valence-corrected chi connectivity index (χ4v) is 2.88. The fourth-order valence-electron chi connectivity index (χ4n) is 2.47. The van der Waals surface area contributed by atoms with Gasteiger partial charge in [-0.3, -0.25) is 4.79 Å². The van der Waals surface area contributed by atoms with Crippen LogP contribution in [0.3, 0.4) is 0 Å². The molecule has 0 aliphatic rings. The van der Waals surface area contributed by atoms with Crippen molar-refractivity contribution in [2.45, 2.75) is 12.0 Å². The Bertz CT molecular complexity index is 843. The average Bonchev–Trinajstić information content (AvgIpc) is 2.61. The number of benzene rings is 2. The van der Waals surface area contributed by atoms with E-state index in [9.17, 15) is 20.0 Å². The van der Waals surface area contributed by atoms with Gasteiger partial charge in [-0.15, -0.1) is 0 Å². The number of carbonyl (C=O) groups is 2. The molecule has 6 heteroatoms. The van der Waals surface area contributed by atoms with Gasteiger partial charge < -0.3 is 10.4 Å². The van der Waals surface area contributed by atoms with E-state index in [1.807, 2.05) is 6.07 Å². The lowest BCUT2D eigenvalue weighted by Gasteiger charge is -2.24. The highest BCUT2D eigenvalue weighted by atomic mass is 79.9. The Kier molecular flexibility index (Phi) is 6.09. The van der Waals surface area contributed by atoms with Crippen LogP contribution in [0.15, 0.2) is 71.2 Å². The third-order valence-electron chi connectivity index (χ3n) is 3.65. The number of carbonyl (C=O) groups excluding carboxylic acids is 1. The normalized spacial score (nSPS) is 12.5. The van der Waals surface area contributed by atoms with Crippen LogP contribution in [-0.4, -0.2) is 23.0 Å².